The maximum Gasteiger partial charge on any atom is 0.264 e. The van der Waals surface area contributed by atoms with E-state index < -0.39 is 20.0 Å². The Morgan fingerprint density at radius 3 is 2.06 bits per heavy atom. The minimum absolute atomic E-state index is 0.246. The van der Waals surface area contributed by atoms with E-state index in [1.165, 1.54) is 4.31 Å². The van der Waals surface area contributed by atoms with Crippen molar-refractivity contribution in [2.45, 2.75) is 50.3 Å². The van der Waals surface area contributed by atoms with Crippen LogP contribution in [0.2, 0.25) is 0 Å². The van der Waals surface area contributed by atoms with Gasteiger partial charge < -0.3 is 0 Å². The van der Waals surface area contributed by atoms with Gasteiger partial charge in [0.05, 0.1) is 15.5 Å². The first-order valence-electron chi connectivity index (χ1n) is 10.8. The number of hydrogen-bond donors (Lipinski definition) is 1. The Bertz CT molecular complexity index is 1400. The highest BCUT2D eigenvalue weighted by molar-refractivity contribution is 7.93. The minimum Gasteiger partial charge on any atom is -0.280 e. The zero-order valence-corrected chi connectivity index (χ0v) is 20.8. The van der Waals surface area contributed by atoms with Crippen molar-refractivity contribution < 1.29 is 16.8 Å². The number of hydrogen-bond acceptors (Lipinski definition) is 4. The lowest BCUT2D eigenvalue weighted by molar-refractivity contribution is 0.586. The highest BCUT2D eigenvalue weighted by atomic mass is 32.2. The second-order valence-electron chi connectivity index (χ2n) is 8.67. The summed E-state index contributed by atoms with van der Waals surface area (Å²) in [5.74, 6) is 0. The Labute approximate surface area is 196 Å². The first kappa shape index (κ1) is 23.3. The molecule has 1 aliphatic heterocycles. The molecule has 0 amide bonds. The smallest absolute Gasteiger partial charge is 0.264 e. The van der Waals surface area contributed by atoms with Crippen LogP contribution in [0.25, 0.3) is 0 Å². The average Bonchev–Trinajstić information content (AvgIpc) is 2.72. The highest BCUT2D eigenvalue weighted by Gasteiger charge is 2.29. The molecule has 0 unspecified atom stereocenters. The number of sulfonamides is 2. The second-order valence-corrected chi connectivity index (χ2v) is 12.2. The molecule has 0 atom stereocenters. The van der Waals surface area contributed by atoms with E-state index in [2.05, 4.69) is 4.72 Å². The Balaban J connectivity index is 1.67. The molecule has 0 bridgehead atoms. The second kappa shape index (κ2) is 8.50. The van der Waals surface area contributed by atoms with Gasteiger partial charge in [-0.15, -0.1) is 0 Å². The predicted octanol–water partition coefficient (Wildman–Crippen LogP) is 4.86. The predicted molar refractivity (Wildman–Crippen MR) is 132 cm³/mol. The number of rotatable bonds is 5. The molecule has 8 heteroatoms. The lowest BCUT2D eigenvalue weighted by Crippen LogP contribution is -2.35. The molecule has 3 aromatic carbocycles. The first-order chi connectivity index (χ1) is 15.5. The van der Waals surface area contributed by atoms with Gasteiger partial charge in [0.1, 0.15) is 0 Å². The van der Waals surface area contributed by atoms with Crippen LogP contribution in [0.5, 0.6) is 0 Å². The fourth-order valence-corrected chi connectivity index (χ4v) is 7.56. The quantitative estimate of drug-likeness (QED) is 0.560. The molecule has 0 aromatic heterocycles. The van der Waals surface area contributed by atoms with E-state index in [1.807, 2.05) is 26.0 Å². The van der Waals surface area contributed by atoms with Crippen molar-refractivity contribution in [1.29, 1.82) is 0 Å². The Kier molecular flexibility index (Phi) is 6.01. The summed E-state index contributed by atoms with van der Waals surface area (Å²) in [5, 5.41) is 0. The molecule has 1 N–H and O–H groups in total. The number of nitrogens with one attached hydrogen (secondary N) is 1. The molecule has 6 nitrogen and oxygen atoms in total. The Morgan fingerprint density at radius 2 is 1.42 bits per heavy atom. The molecule has 1 heterocycles. The summed E-state index contributed by atoms with van der Waals surface area (Å²) in [6.45, 7) is 7.80. The average molecular weight is 485 g/mol. The third-order valence-corrected chi connectivity index (χ3v) is 9.40. The van der Waals surface area contributed by atoms with Crippen LogP contribution in [-0.4, -0.2) is 23.4 Å². The molecule has 1 aliphatic rings. The summed E-state index contributed by atoms with van der Waals surface area (Å²) in [6, 6.07) is 15.6. The van der Waals surface area contributed by atoms with E-state index in [0.717, 1.165) is 16.7 Å². The topological polar surface area (TPSA) is 83.6 Å². The molecule has 3 aromatic rings. The van der Waals surface area contributed by atoms with E-state index in [4.69, 9.17) is 0 Å². The molecule has 0 radical (unpaired) electrons. The number of anilines is 2. The summed E-state index contributed by atoms with van der Waals surface area (Å²) in [4.78, 5) is 0.519. The largest absolute Gasteiger partial charge is 0.280 e. The number of fused-ring (bicyclic) bond motifs is 1. The van der Waals surface area contributed by atoms with Crippen LogP contribution >= 0.6 is 0 Å². The molecule has 0 saturated heterocycles. The molecule has 0 fully saturated rings. The third-order valence-electron chi connectivity index (χ3n) is 5.89. The number of benzene rings is 3. The van der Waals surface area contributed by atoms with Gasteiger partial charge in [0, 0.05) is 12.2 Å². The van der Waals surface area contributed by atoms with Gasteiger partial charge >= 0.3 is 0 Å². The lowest BCUT2D eigenvalue weighted by Gasteiger charge is -2.31. The lowest BCUT2D eigenvalue weighted by atomic mass is 10.0. The normalized spacial score (nSPS) is 14.1. The molecule has 33 heavy (non-hydrogen) atoms. The molecule has 0 saturated carbocycles. The minimum atomic E-state index is -3.79. The van der Waals surface area contributed by atoms with Crippen molar-refractivity contribution in [3.05, 3.63) is 82.4 Å². The van der Waals surface area contributed by atoms with Gasteiger partial charge in [-0.1, -0.05) is 35.4 Å². The van der Waals surface area contributed by atoms with Crippen molar-refractivity contribution in [1.82, 2.24) is 0 Å². The molecule has 0 aliphatic carbocycles. The fraction of sp³-hybridized carbons (Fsp3) is 0.280. The van der Waals surface area contributed by atoms with E-state index in [0.29, 0.717) is 41.9 Å². The van der Waals surface area contributed by atoms with E-state index in [-0.39, 0.29) is 9.79 Å². The maximum atomic E-state index is 13.3. The van der Waals surface area contributed by atoms with E-state index in [9.17, 15) is 16.8 Å². The zero-order chi connectivity index (χ0) is 24.0. The van der Waals surface area contributed by atoms with Gasteiger partial charge in [-0.25, -0.2) is 16.8 Å². The molecular weight excluding hydrogens is 456 g/mol. The maximum absolute atomic E-state index is 13.3. The van der Waals surface area contributed by atoms with Gasteiger partial charge in [0.25, 0.3) is 20.0 Å². The van der Waals surface area contributed by atoms with Crippen LogP contribution < -0.4 is 9.03 Å². The summed E-state index contributed by atoms with van der Waals surface area (Å²) in [6.07, 6.45) is 1.33. The first-order valence-corrected chi connectivity index (χ1v) is 13.7. The Morgan fingerprint density at radius 1 is 0.788 bits per heavy atom. The zero-order valence-electron chi connectivity index (χ0n) is 19.2. The van der Waals surface area contributed by atoms with Crippen molar-refractivity contribution in [3.63, 3.8) is 0 Å². The van der Waals surface area contributed by atoms with Crippen LogP contribution in [0.15, 0.2) is 64.4 Å². The summed E-state index contributed by atoms with van der Waals surface area (Å²) in [7, 11) is -7.49. The van der Waals surface area contributed by atoms with Gasteiger partial charge in [0.2, 0.25) is 0 Å². The highest BCUT2D eigenvalue weighted by Crippen LogP contribution is 2.34. The van der Waals surface area contributed by atoms with Crippen molar-refractivity contribution in [2.75, 3.05) is 15.6 Å². The molecule has 4 rings (SSSR count). The summed E-state index contributed by atoms with van der Waals surface area (Å²) in [5.41, 5.74) is 5.18. The summed E-state index contributed by atoms with van der Waals surface area (Å²) >= 11 is 0. The summed E-state index contributed by atoms with van der Waals surface area (Å²) < 4.78 is 56.9. The molecule has 174 valence electrons. The van der Waals surface area contributed by atoms with Crippen LogP contribution in [0.3, 0.4) is 0 Å². The van der Waals surface area contributed by atoms with Crippen LogP contribution in [0, 0.1) is 27.7 Å². The van der Waals surface area contributed by atoms with Gasteiger partial charge in [-0.05, 0) is 87.6 Å². The van der Waals surface area contributed by atoms with E-state index in [1.54, 1.807) is 56.3 Å². The standard InChI is InChI=1S/C25H28N2O4S2/c1-17-7-10-23(11-8-17)33(30,31)27-13-5-6-21-16-22(9-12-24(21)27)26-32(28,29)25-19(3)14-18(2)15-20(25)4/h7-12,14-16,26H,5-6,13H2,1-4H3. The van der Waals surface area contributed by atoms with Gasteiger partial charge in [-0.2, -0.15) is 0 Å². The molecular formula is C25H28N2O4S2. The van der Waals surface area contributed by atoms with Crippen LogP contribution in [0.1, 0.15) is 34.2 Å². The van der Waals surface area contributed by atoms with Crippen molar-refractivity contribution in [2.24, 2.45) is 0 Å². The molecule has 0 spiro atoms. The van der Waals surface area contributed by atoms with Crippen molar-refractivity contribution >= 4 is 31.4 Å². The van der Waals surface area contributed by atoms with E-state index >= 15 is 0 Å². The van der Waals surface area contributed by atoms with Crippen LogP contribution in [0.4, 0.5) is 11.4 Å². The monoisotopic (exact) mass is 484 g/mol. The third kappa shape index (κ3) is 4.50. The number of nitrogens with zero attached hydrogens (tertiary/aromatic N) is 1. The van der Waals surface area contributed by atoms with Crippen molar-refractivity contribution in [3.8, 4) is 0 Å². The number of aryl methyl sites for hydroxylation is 5. The van der Waals surface area contributed by atoms with Crippen LogP contribution in [-0.2, 0) is 26.5 Å². The fourth-order valence-electron chi connectivity index (χ4n) is 4.51. The SMILES string of the molecule is Cc1ccc(S(=O)(=O)N2CCCc3cc(NS(=O)(=O)c4c(C)cc(C)cc4C)ccc32)cc1. The van der Waals surface area contributed by atoms with Gasteiger partial charge in [-0.3, -0.25) is 9.03 Å². The Hall–Kier alpha value is -2.84. The van der Waals surface area contributed by atoms with Gasteiger partial charge in [0.15, 0.2) is 0 Å².